The Bertz CT molecular complexity index is 673. The van der Waals surface area contributed by atoms with E-state index in [1.807, 2.05) is 18.2 Å². The van der Waals surface area contributed by atoms with E-state index >= 15 is 0 Å². The SMILES string of the molecule is Cc1cc(C(=O)N2CCN(C(=O)c3ccccc3)CC2)no1. The first-order valence-corrected chi connectivity index (χ1v) is 7.22. The zero-order valence-corrected chi connectivity index (χ0v) is 12.4. The molecule has 6 heteroatoms. The van der Waals surface area contributed by atoms with Crippen molar-refractivity contribution in [2.24, 2.45) is 0 Å². The molecular weight excluding hydrogens is 282 g/mol. The molecule has 0 N–H and O–H groups in total. The van der Waals surface area contributed by atoms with Gasteiger partial charge in [0.2, 0.25) is 0 Å². The number of hydrogen-bond acceptors (Lipinski definition) is 4. The molecule has 2 aromatic rings. The van der Waals surface area contributed by atoms with Crippen molar-refractivity contribution in [1.82, 2.24) is 15.0 Å². The Kier molecular flexibility index (Phi) is 3.91. The lowest BCUT2D eigenvalue weighted by atomic mass is 10.2. The van der Waals surface area contributed by atoms with Crippen LogP contribution in [0.4, 0.5) is 0 Å². The van der Waals surface area contributed by atoms with Crippen molar-refractivity contribution in [3.63, 3.8) is 0 Å². The first kappa shape index (κ1) is 14.3. The topological polar surface area (TPSA) is 66.7 Å². The summed E-state index contributed by atoms with van der Waals surface area (Å²) in [6.07, 6.45) is 0. The fraction of sp³-hybridized carbons (Fsp3) is 0.312. The molecule has 2 heterocycles. The summed E-state index contributed by atoms with van der Waals surface area (Å²) >= 11 is 0. The number of carbonyl (C=O) groups is 2. The second-order valence-electron chi connectivity index (χ2n) is 5.27. The largest absolute Gasteiger partial charge is 0.361 e. The van der Waals surface area contributed by atoms with Gasteiger partial charge < -0.3 is 14.3 Å². The average Bonchev–Trinajstić information content (AvgIpc) is 3.01. The molecule has 6 nitrogen and oxygen atoms in total. The van der Waals surface area contributed by atoms with Crippen LogP contribution in [0, 0.1) is 6.92 Å². The van der Waals surface area contributed by atoms with E-state index in [2.05, 4.69) is 5.16 Å². The molecule has 0 atom stereocenters. The molecule has 0 aliphatic carbocycles. The average molecular weight is 299 g/mol. The van der Waals surface area contributed by atoms with Crippen LogP contribution >= 0.6 is 0 Å². The highest BCUT2D eigenvalue weighted by Crippen LogP contribution is 2.12. The number of aromatic nitrogens is 1. The van der Waals surface area contributed by atoms with Crippen molar-refractivity contribution in [3.8, 4) is 0 Å². The maximum absolute atomic E-state index is 12.3. The molecule has 3 rings (SSSR count). The number of carbonyl (C=O) groups excluding carboxylic acids is 2. The fourth-order valence-corrected chi connectivity index (χ4v) is 2.51. The summed E-state index contributed by atoms with van der Waals surface area (Å²) in [5.74, 6) is 0.467. The van der Waals surface area contributed by atoms with E-state index in [4.69, 9.17) is 4.52 Å². The van der Waals surface area contributed by atoms with Crippen LogP contribution in [0.15, 0.2) is 40.9 Å². The molecule has 0 radical (unpaired) electrons. The Hall–Kier alpha value is -2.63. The summed E-state index contributed by atoms with van der Waals surface area (Å²) in [5, 5.41) is 3.75. The van der Waals surface area contributed by atoms with Crippen molar-refractivity contribution < 1.29 is 14.1 Å². The normalized spacial score (nSPS) is 15.0. The molecule has 0 saturated carbocycles. The maximum Gasteiger partial charge on any atom is 0.276 e. The van der Waals surface area contributed by atoms with Gasteiger partial charge in [-0.15, -0.1) is 0 Å². The highest BCUT2D eigenvalue weighted by atomic mass is 16.5. The molecule has 2 amide bonds. The van der Waals surface area contributed by atoms with Crippen molar-refractivity contribution in [1.29, 1.82) is 0 Å². The van der Waals surface area contributed by atoms with Gasteiger partial charge in [-0.2, -0.15) is 0 Å². The smallest absolute Gasteiger partial charge is 0.276 e. The Morgan fingerprint density at radius 2 is 1.59 bits per heavy atom. The minimum absolute atomic E-state index is 0.00461. The molecule has 0 bridgehead atoms. The van der Waals surface area contributed by atoms with Gasteiger partial charge in [-0.1, -0.05) is 23.4 Å². The Morgan fingerprint density at radius 3 is 2.14 bits per heavy atom. The third-order valence-electron chi connectivity index (χ3n) is 3.72. The van der Waals surface area contributed by atoms with Gasteiger partial charge in [0, 0.05) is 37.8 Å². The standard InChI is InChI=1S/C16H17N3O3/c1-12-11-14(17-22-12)16(21)19-9-7-18(8-10-19)15(20)13-5-3-2-4-6-13/h2-6,11H,7-10H2,1H3. The number of piperazine rings is 1. The Morgan fingerprint density at radius 1 is 1.00 bits per heavy atom. The van der Waals surface area contributed by atoms with Crippen LogP contribution in [0.3, 0.4) is 0 Å². The lowest BCUT2D eigenvalue weighted by Crippen LogP contribution is -2.50. The predicted molar refractivity (Wildman–Crippen MR) is 79.5 cm³/mol. The van der Waals surface area contributed by atoms with Crippen molar-refractivity contribution >= 4 is 11.8 Å². The first-order chi connectivity index (χ1) is 10.6. The predicted octanol–water partition coefficient (Wildman–Crippen LogP) is 1.58. The van der Waals surface area contributed by atoms with Crippen LogP contribution < -0.4 is 0 Å². The lowest BCUT2D eigenvalue weighted by molar-refractivity contribution is 0.0530. The third kappa shape index (κ3) is 2.86. The molecule has 1 aliphatic heterocycles. The molecule has 1 aromatic heterocycles. The minimum Gasteiger partial charge on any atom is -0.361 e. The van der Waals surface area contributed by atoms with E-state index in [1.165, 1.54) is 0 Å². The number of hydrogen-bond donors (Lipinski definition) is 0. The Balaban J connectivity index is 1.61. The molecule has 0 unspecified atom stereocenters. The van der Waals surface area contributed by atoms with Gasteiger partial charge in [0.25, 0.3) is 11.8 Å². The molecule has 1 saturated heterocycles. The highest BCUT2D eigenvalue weighted by molar-refractivity contribution is 5.95. The summed E-state index contributed by atoms with van der Waals surface area (Å²) in [6.45, 7) is 3.81. The van der Waals surface area contributed by atoms with Gasteiger partial charge in [-0.3, -0.25) is 9.59 Å². The molecule has 1 fully saturated rings. The van der Waals surface area contributed by atoms with Crippen molar-refractivity contribution in [2.45, 2.75) is 6.92 Å². The van der Waals surface area contributed by atoms with E-state index in [0.29, 0.717) is 43.2 Å². The zero-order chi connectivity index (χ0) is 15.5. The van der Waals surface area contributed by atoms with Gasteiger partial charge >= 0.3 is 0 Å². The summed E-state index contributed by atoms with van der Waals surface area (Å²) in [4.78, 5) is 28.1. The van der Waals surface area contributed by atoms with Gasteiger partial charge in [-0.25, -0.2) is 0 Å². The molecule has 22 heavy (non-hydrogen) atoms. The van der Waals surface area contributed by atoms with Gasteiger partial charge in [0.15, 0.2) is 5.69 Å². The summed E-state index contributed by atoms with van der Waals surface area (Å²) in [5.41, 5.74) is 0.995. The van der Waals surface area contributed by atoms with Gasteiger partial charge in [0.1, 0.15) is 5.76 Å². The van der Waals surface area contributed by atoms with E-state index in [0.717, 1.165) is 0 Å². The van der Waals surface area contributed by atoms with E-state index in [-0.39, 0.29) is 11.8 Å². The summed E-state index contributed by atoms with van der Waals surface area (Å²) < 4.78 is 4.93. The highest BCUT2D eigenvalue weighted by Gasteiger charge is 2.26. The minimum atomic E-state index is -0.149. The van der Waals surface area contributed by atoms with E-state index in [9.17, 15) is 9.59 Å². The molecular formula is C16H17N3O3. The summed E-state index contributed by atoms with van der Waals surface area (Å²) in [6, 6.07) is 10.8. The van der Waals surface area contributed by atoms with Crippen LogP contribution in [0.1, 0.15) is 26.6 Å². The second-order valence-corrected chi connectivity index (χ2v) is 5.27. The quantitative estimate of drug-likeness (QED) is 0.844. The van der Waals surface area contributed by atoms with Crippen molar-refractivity contribution in [2.75, 3.05) is 26.2 Å². The van der Waals surface area contributed by atoms with Crippen LogP contribution in [-0.2, 0) is 0 Å². The van der Waals surface area contributed by atoms with Crippen LogP contribution in [-0.4, -0.2) is 52.9 Å². The van der Waals surface area contributed by atoms with E-state index < -0.39 is 0 Å². The molecule has 1 aromatic carbocycles. The third-order valence-corrected chi connectivity index (χ3v) is 3.72. The number of aryl methyl sites for hydroxylation is 1. The van der Waals surface area contributed by atoms with Crippen LogP contribution in [0.5, 0.6) is 0 Å². The summed E-state index contributed by atoms with van der Waals surface area (Å²) in [7, 11) is 0. The molecule has 1 aliphatic rings. The van der Waals surface area contributed by atoms with E-state index in [1.54, 1.807) is 34.9 Å². The first-order valence-electron chi connectivity index (χ1n) is 7.22. The van der Waals surface area contributed by atoms with Crippen LogP contribution in [0.25, 0.3) is 0 Å². The maximum atomic E-state index is 12.3. The molecule has 0 spiro atoms. The molecule has 114 valence electrons. The van der Waals surface area contributed by atoms with Gasteiger partial charge in [0.05, 0.1) is 0 Å². The Labute approximate surface area is 128 Å². The lowest BCUT2D eigenvalue weighted by Gasteiger charge is -2.34. The number of rotatable bonds is 2. The fourth-order valence-electron chi connectivity index (χ4n) is 2.51. The van der Waals surface area contributed by atoms with Gasteiger partial charge in [-0.05, 0) is 19.1 Å². The monoisotopic (exact) mass is 299 g/mol. The number of nitrogens with zero attached hydrogens (tertiary/aromatic N) is 3. The number of benzene rings is 1. The zero-order valence-electron chi connectivity index (χ0n) is 12.4. The second kappa shape index (κ2) is 6.01. The number of amides is 2. The van der Waals surface area contributed by atoms with Crippen molar-refractivity contribution in [3.05, 3.63) is 53.4 Å². The van der Waals surface area contributed by atoms with Crippen LogP contribution in [0.2, 0.25) is 0 Å².